The Labute approximate surface area is 122 Å². The van der Waals surface area contributed by atoms with Gasteiger partial charge in [-0.3, -0.25) is 4.79 Å². The molecule has 21 heavy (non-hydrogen) atoms. The molecule has 2 aromatic carbocycles. The van der Waals surface area contributed by atoms with E-state index in [0.717, 1.165) is 11.6 Å². The fourth-order valence-electron chi connectivity index (χ4n) is 1.99. The number of benzene rings is 2. The van der Waals surface area contributed by atoms with Gasteiger partial charge < -0.3 is 5.32 Å². The molecule has 2 rings (SSSR count). The van der Waals surface area contributed by atoms with Gasteiger partial charge in [0.15, 0.2) is 0 Å². The Kier molecular flexibility index (Phi) is 4.82. The summed E-state index contributed by atoms with van der Waals surface area (Å²) in [6.07, 6.45) is 2.13. The minimum atomic E-state index is -0.395. The molecule has 0 bridgehead atoms. The maximum Gasteiger partial charge on any atom is 0.247 e. The highest BCUT2D eigenvalue weighted by Gasteiger charge is 2.06. The lowest BCUT2D eigenvalue weighted by atomic mass is 10.0. The second kappa shape index (κ2) is 6.79. The first-order valence-corrected chi connectivity index (χ1v) is 6.55. The van der Waals surface area contributed by atoms with Gasteiger partial charge in [-0.1, -0.05) is 24.8 Å². The summed E-state index contributed by atoms with van der Waals surface area (Å²) in [5, 5.41) is 2.49. The van der Waals surface area contributed by atoms with Gasteiger partial charge in [0.1, 0.15) is 11.6 Å². The first kappa shape index (κ1) is 14.9. The number of nitrogens with one attached hydrogen (secondary N) is 1. The van der Waals surface area contributed by atoms with E-state index in [9.17, 15) is 13.6 Å². The lowest BCUT2D eigenvalue weighted by Gasteiger charge is -2.07. The monoisotopic (exact) mass is 287 g/mol. The van der Waals surface area contributed by atoms with Gasteiger partial charge in [0, 0.05) is 5.69 Å². The van der Waals surface area contributed by atoms with Gasteiger partial charge in [-0.2, -0.15) is 0 Å². The van der Waals surface area contributed by atoms with Crippen LogP contribution in [0.1, 0.15) is 11.1 Å². The molecule has 0 spiro atoms. The smallest absolute Gasteiger partial charge is 0.247 e. The van der Waals surface area contributed by atoms with E-state index < -0.39 is 5.82 Å². The van der Waals surface area contributed by atoms with Crippen LogP contribution in [0.4, 0.5) is 14.5 Å². The molecule has 0 aliphatic heterocycles. The highest BCUT2D eigenvalue weighted by Crippen LogP contribution is 2.17. The Morgan fingerprint density at radius 3 is 2.62 bits per heavy atom. The van der Waals surface area contributed by atoms with Gasteiger partial charge >= 0.3 is 0 Å². The summed E-state index contributed by atoms with van der Waals surface area (Å²) in [6, 6.07) is 10.8. The zero-order valence-electron chi connectivity index (χ0n) is 11.4. The van der Waals surface area contributed by atoms with E-state index in [1.807, 2.05) is 0 Å². The predicted octanol–water partition coefficient (Wildman–Crippen LogP) is 3.87. The number of hydrogen-bond donors (Lipinski definition) is 1. The normalized spacial score (nSPS) is 10.2. The zero-order chi connectivity index (χ0) is 15.2. The highest BCUT2D eigenvalue weighted by molar-refractivity contribution is 5.98. The largest absolute Gasteiger partial charge is 0.322 e. The third kappa shape index (κ3) is 4.24. The van der Waals surface area contributed by atoms with Crippen molar-refractivity contribution >= 4 is 11.6 Å². The highest BCUT2D eigenvalue weighted by atomic mass is 19.1. The lowest BCUT2D eigenvalue weighted by molar-refractivity contribution is -0.111. The van der Waals surface area contributed by atoms with Gasteiger partial charge in [0.05, 0.1) is 0 Å². The average molecular weight is 287 g/mol. The standard InChI is InChI=1S/C17H15F2NO/c1-2-17(21)20-15-9-8-13(16(19)11-15)7-6-12-4-3-5-14(18)10-12/h2-5,8-11H,1,6-7H2,(H,20,21). The van der Waals surface area contributed by atoms with Crippen LogP contribution in [0.5, 0.6) is 0 Å². The molecule has 1 amide bonds. The van der Waals surface area contributed by atoms with Crippen LogP contribution in [0.15, 0.2) is 55.1 Å². The number of hydrogen-bond acceptors (Lipinski definition) is 1. The van der Waals surface area contributed by atoms with E-state index in [1.54, 1.807) is 24.3 Å². The number of halogens is 2. The van der Waals surface area contributed by atoms with Crippen LogP contribution >= 0.6 is 0 Å². The van der Waals surface area contributed by atoms with Crippen molar-refractivity contribution in [2.75, 3.05) is 5.32 Å². The molecule has 1 N–H and O–H groups in total. The number of carbonyl (C=O) groups is 1. The maximum atomic E-state index is 13.9. The first-order chi connectivity index (χ1) is 10.1. The zero-order valence-corrected chi connectivity index (χ0v) is 11.4. The van der Waals surface area contributed by atoms with Gasteiger partial charge in [-0.15, -0.1) is 0 Å². The minimum absolute atomic E-state index is 0.296. The fourth-order valence-corrected chi connectivity index (χ4v) is 1.99. The Morgan fingerprint density at radius 2 is 1.95 bits per heavy atom. The molecule has 0 aliphatic rings. The molecule has 0 unspecified atom stereocenters. The first-order valence-electron chi connectivity index (χ1n) is 6.55. The van der Waals surface area contributed by atoms with Crippen LogP contribution in [0.3, 0.4) is 0 Å². The van der Waals surface area contributed by atoms with Crippen molar-refractivity contribution in [1.29, 1.82) is 0 Å². The fraction of sp³-hybridized carbons (Fsp3) is 0.118. The summed E-state index contributed by atoms with van der Waals surface area (Å²) in [4.78, 5) is 11.1. The van der Waals surface area contributed by atoms with Crippen molar-refractivity contribution in [2.45, 2.75) is 12.8 Å². The van der Waals surface area contributed by atoms with Crippen LogP contribution < -0.4 is 5.32 Å². The number of amides is 1. The molecule has 0 atom stereocenters. The number of anilines is 1. The van der Waals surface area contributed by atoms with E-state index >= 15 is 0 Å². The Morgan fingerprint density at radius 1 is 1.14 bits per heavy atom. The van der Waals surface area contributed by atoms with Gasteiger partial charge in [0.2, 0.25) is 5.91 Å². The molecule has 2 aromatic rings. The van der Waals surface area contributed by atoms with Gasteiger partial charge in [-0.05, 0) is 54.3 Å². The summed E-state index contributed by atoms with van der Waals surface area (Å²) < 4.78 is 27.0. The molecule has 0 aliphatic carbocycles. The molecular weight excluding hydrogens is 272 g/mol. The van der Waals surface area contributed by atoms with Gasteiger partial charge in [-0.25, -0.2) is 8.78 Å². The summed E-state index contributed by atoms with van der Waals surface area (Å²) in [5.41, 5.74) is 1.72. The predicted molar refractivity (Wildman–Crippen MR) is 79.0 cm³/mol. The topological polar surface area (TPSA) is 29.1 Å². The summed E-state index contributed by atoms with van der Waals surface area (Å²) in [7, 11) is 0. The van der Waals surface area contributed by atoms with Crippen LogP contribution in [0.2, 0.25) is 0 Å². The molecule has 0 aromatic heterocycles. The average Bonchev–Trinajstić information content (AvgIpc) is 2.46. The lowest BCUT2D eigenvalue weighted by Crippen LogP contribution is -2.08. The number of carbonyl (C=O) groups excluding carboxylic acids is 1. The summed E-state index contributed by atoms with van der Waals surface area (Å²) in [5.74, 6) is -1.08. The molecular formula is C17H15F2NO. The van der Waals surface area contributed by atoms with Crippen LogP contribution in [-0.2, 0) is 17.6 Å². The van der Waals surface area contributed by atoms with Crippen LogP contribution in [0.25, 0.3) is 0 Å². The van der Waals surface area contributed by atoms with Gasteiger partial charge in [0.25, 0.3) is 0 Å². The van der Waals surface area contributed by atoms with Crippen LogP contribution in [0, 0.1) is 11.6 Å². The Balaban J connectivity index is 2.04. The minimum Gasteiger partial charge on any atom is -0.322 e. The van der Waals surface area contributed by atoms with Crippen molar-refractivity contribution in [3.63, 3.8) is 0 Å². The quantitative estimate of drug-likeness (QED) is 0.831. The molecule has 0 saturated carbocycles. The molecule has 2 nitrogen and oxygen atoms in total. The Bertz CT molecular complexity index is 668. The molecule has 0 heterocycles. The van der Waals surface area contributed by atoms with E-state index in [2.05, 4.69) is 11.9 Å². The Hall–Kier alpha value is -2.49. The van der Waals surface area contributed by atoms with E-state index in [-0.39, 0.29) is 11.7 Å². The SMILES string of the molecule is C=CC(=O)Nc1ccc(CCc2cccc(F)c2)c(F)c1. The van der Waals surface area contributed by atoms with Crippen molar-refractivity contribution < 1.29 is 13.6 Å². The molecule has 0 fully saturated rings. The third-order valence-corrected chi connectivity index (χ3v) is 3.08. The summed E-state index contributed by atoms with van der Waals surface area (Å²) >= 11 is 0. The summed E-state index contributed by atoms with van der Waals surface area (Å²) in [6.45, 7) is 3.33. The third-order valence-electron chi connectivity index (χ3n) is 3.08. The van der Waals surface area contributed by atoms with Crippen molar-refractivity contribution in [1.82, 2.24) is 0 Å². The van der Waals surface area contributed by atoms with E-state index in [4.69, 9.17) is 0 Å². The van der Waals surface area contributed by atoms with Crippen molar-refractivity contribution in [3.8, 4) is 0 Å². The second-order valence-corrected chi connectivity index (χ2v) is 4.63. The number of aryl methyl sites for hydroxylation is 2. The maximum absolute atomic E-state index is 13.9. The molecule has 0 radical (unpaired) electrons. The molecule has 108 valence electrons. The number of rotatable bonds is 5. The van der Waals surface area contributed by atoms with E-state index in [1.165, 1.54) is 18.2 Å². The van der Waals surface area contributed by atoms with Crippen LogP contribution in [-0.4, -0.2) is 5.91 Å². The van der Waals surface area contributed by atoms with Crippen molar-refractivity contribution in [2.24, 2.45) is 0 Å². The second-order valence-electron chi connectivity index (χ2n) is 4.63. The molecule has 0 saturated heterocycles. The molecule has 4 heteroatoms. The van der Waals surface area contributed by atoms with E-state index in [0.29, 0.717) is 24.1 Å². The van der Waals surface area contributed by atoms with Crippen molar-refractivity contribution in [3.05, 3.63) is 77.9 Å².